The number of rotatable bonds is 8. The average Bonchev–Trinajstić information content (AvgIpc) is 2.52. The van der Waals surface area contributed by atoms with Crippen LogP contribution < -0.4 is 0 Å². The summed E-state index contributed by atoms with van der Waals surface area (Å²) in [5.74, 6) is -19.4. The Labute approximate surface area is 141 Å². The van der Waals surface area contributed by atoms with E-state index in [0.717, 1.165) is 0 Å². The van der Waals surface area contributed by atoms with Gasteiger partial charge in [-0.2, -0.15) is 39.5 Å². The second-order valence-electron chi connectivity index (χ2n) is 5.44. The van der Waals surface area contributed by atoms with Gasteiger partial charge in [-0.15, -0.1) is 0 Å². The molecule has 0 radical (unpaired) electrons. The Morgan fingerprint density at radius 2 is 1.42 bits per heavy atom. The van der Waals surface area contributed by atoms with E-state index in [1.807, 2.05) is 0 Å². The maximum atomic E-state index is 13.6. The predicted molar refractivity (Wildman–Crippen MR) is 73.2 cm³/mol. The fourth-order valence-electron chi connectivity index (χ4n) is 2.08. The van der Waals surface area contributed by atoms with Crippen molar-refractivity contribution >= 4 is 0 Å². The zero-order chi connectivity index (χ0) is 20.2. The quantitative estimate of drug-likeness (QED) is 0.220. The molecule has 0 amide bonds. The first-order valence-corrected chi connectivity index (χ1v) is 7.04. The molecule has 0 spiro atoms. The minimum Gasteiger partial charge on any atom is -0.200 e. The molecule has 12 heteroatoms. The molecule has 0 saturated carbocycles. The minimum absolute atomic E-state index is 0.0398. The predicted octanol–water partition coefficient (Wildman–Crippen LogP) is 6.16. The number of hydrogen-bond donors (Lipinski definition) is 0. The summed E-state index contributed by atoms with van der Waals surface area (Å²) < 4.78 is 116. The lowest BCUT2D eigenvalue weighted by atomic mass is 9.94. The number of aryl methyl sites for hydroxylation is 1. The second-order valence-corrected chi connectivity index (χ2v) is 5.44. The average molecular weight is 393 g/mol. The lowest BCUT2D eigenvalue weighted by Crippen LogP contribution is -2.61. The zero-order valence-corrected chi connectivity index (χ0v) is 12.8. The fourth-order valence-corrected chi connectivity index (χ4v) is 2.08. The molecule has 0 heterocycles. The summed E-state index contributed by atoms with van der Waals surface area (Å²) >= 11 is 0. The van der Waals surface area contributed by atoms with E-state index >= 15 is 0 Å². The van der Waals surface area contributed by atoms with Crippen molar-refractivity contribution in [3.8, 4) is 0 Å². The van der Waals surface area contributed by atoms with E-state index in [1.165, 1.54) is 12.1 Å². The standard InChI is InChI=1S/C14H12F9N3/c15-11(16,12(17,18)13(19,20)14(21,22)23)8-10(25-26-24)7-6-9-4-2-1-3-5-9/h1-5,10H,6-8H2. The molecule has 0 saturated heterocycles. The molecule has 1 aromatic rings. The van der Waals surface area contributed by atoms with Gasteiger partial charge in [-0.05, 0) is 23.9 Å². The van der Waals surface area contributed by atoms with Crippen molar-refractivity contribution in [2.75, 3.05) is 0 Å². The van der Waals surface area contributed by atoms with Gasteiger partial charge in [0.1, 0.15) is 0 Å². The van der Waals surface area contributed by atoms with Crippen molar-refractivity contribution < 1.29 is 39.5 Å². The van der Waals surface area contributed by atoms with E-state index in [9.17, 15) is 39.5 Å². The Hall–Kier alpha value is -2.10. The van der Waals surface area contributed by atoms with E-state index in [2.05, 4.69) is 10.0 Å². The number of azide groups is 1. The van der Waals surface area contributed by atoms with E-state index in [4.69, 9.17) is 5.53 Å². The molecule has 0 bridgehead atoms. The fraction of sp³-hybridized carbons (Fsp3) is 0.571. The number of nitrogens with zero attached hydrogens (tertiary/aromatic N) is 3. The Morgan fingerprint density at radius 3 is 1.88 bits per heavy atom. The molecule has 146 valence electrons. The first-order valence-electron chi connectivity index (χ1n) is 7.04. The molecule has 26 heavy (non-hydrogen) atoms. The lowest BCUT2D eigenvalue weighted by Gasteiger charge is -2.34. The molecule has 1 unspecified atom stereocenters. The summed E-state index contributed by atoms with van der Waals surface area (Å²) in [5.41, 5.74) is 8.86. The van der Waals surface area contributed by atoms with Gasteiger partial charge < -0.3 is 0 Å². The zero-order valence-electron chi connectivity index (χ0n) is 12.8. The molecule has 1 atom stereocenters. The maximum absolute atomic E-state index is 13.6. The molecule has 0 aliphatic carbocycles. The first kappa shape index (κ1) is 21.9. The molecule has 0 aliphatic rings. The van der Waals surface area contributed by atoms with Crippen LogP contribution in [-0.4, -0.2) is 30.0 Å². The largest absolute Gasteiger partial charge is 0.460 e. The second kappa shape index (κ2) is 7.65. The van der Waals surface area contributed by atoms with Crippen LogP contribution in [0.4, 0.5) is 39.5 Å². The van der Waals surface area contributed by atoms with Crippen molar-refractivity contribution in [3.05, 3.63) is 46.3 Å². The van der Waals surface area contributed by atoms with Crippen LogP contribution in [0, 0.1) is 0 Å². The van der Waals surface area contributed by atoms with Crippen molar-refractivity contribution in [2.45, 2.75) is 49.2 Å². The molecular weight excluding hydrogens is 381 g/mol. The Morgan fingerprint density at radius 1 is 0.885 bits per heavy atom. The van der Waals surface area contributed by atoms with Crippen LogP contribution in [-0.2, 0) is 6.42 Å². The van der Waals surface area contributed by atoms with Gasteiger partial charge >= 0.3 is 23.9 Å². The third-order valence-electron chi connectivity index (χ3n) is 3.53. The summed E-state index contributed by atoms with van der Waals surface area (Å²) in [6, 6.07) is 5.94. The molecule has 1 aromatic carbocycles. The van der Waals surface area contributed by atoms with Gasteiger partial charge in [0, 0.05) is 17.4 Å². The molecule has 0 fully saturated rings. The summed E-state index contributed by atoms with van der Waals surface area (Å²) in [6.07, 6.45) is -9.53. The minimum atomic E-state index is -6.95. The van der Waals surface area contributed by atoms with Crippen LogP contribution in [0.1, 0.15) is 18.4 Å². The highest BCUT2D eigenvalue weighted by Crippen LogP contribution is 2.54. The molecule has 0 N–H and O–H groups in total. The van der Waals surface area contributed by atoms with Crippen LogP contribution in [0.15, 0.2) is 35.4 Å². The topological polar surface area (TPSA) is 48.8 Å². The number of halogens is 9. The van der Waals surface area contributed by atoms with Gasteiger partial charge in [-0.1, -0.05) is 35.4 Å². The SMILES string of the molecule is [N-]=[N+]=NC(CCc1ccccc1)CC(F)(F)C(F)(F)C(F)(F)C(F)(F)F. The van der Waals surface area contributed by atoms with Crippen molar-refractivity contribution in [1.29, 1.82) is 0 Å². The van der Waals surface area contributed by atoms with Gasteiger partial charge in [0.15, 0.2) is 0 Å². The summed E-state index contributed by atoms with van der Waals surface area (Å²) in [4.78, 5) is 2.16. The highest BCUT2D eigenvalue weighted by atomic mass is 19.4. The van der Waals surface area contributed by atoms with Crippen molar-refractivity contribution in [1.82, 2.24) is 0 Å². The molecular formula is C14H12F9N3. The first-order chi connectivity index (χ1) is 11.8. The summed E-state index contributed by atoms with van der Waals surface area (Å²) in [7, 11) is 0. The van der Waals surface area contributed by atoms with Gasteiger partial charge in [0.2, 0.25) is 0 Å². The third-order valence-corrected chi connectivity index (χ3v) is 3.53. The van der Waals surface area contributed by atoms with E-state index in [1.54, 1.807) is 18.2 Å². The smallest absolute Gasteiger partial charge is 0.200 e. The number of benzene rings is 1. The highest BCUT2D eigenvalue weighted by molar-refractivity contribution is 5.15. The number of alkyl halides is 9. The van der Waals surface area contributed by atoms with Gasteiger partial charge in [-0.25, -0.2) is 0 Å². The van der Waals surface area contributed by atoms with Crippen LogP contribution >= 0.6 is 0 Å². The Kier molecular flexibility index (Phi) is 6.45. The monoisotopic (exact) mass is 393 g/mol. The molecule has 3 nitrogen and oxygen atoms in total. The molecule has 0 aliphatic heterocycles. The van der Waals surface area contributed by atoms with E-state index < -0.39 is 42.8 Å². The van der Waals surface area contributed by atoms with Crippen LogP contribution in [0.5, 0.6) is 0 Å². The van der Waals surface area contributed by atoms with Gasteiger partial charge in [0.25, 0.3) is 0 Å². The van der Waals surface area contributed by atoms with E-state index in [-0.39, 0.29) is 6.42 Å². The lowest BCUT2D eigenvalue weighted by molar-refractivity contribution is -0.397. The van der Waals surface area contributed by atoms with Crippen LogP contribution in [0.2, 0.25) is 0 Å². The maximum Gasteiger partial charge on any atom is 0.460 e. The van der Waals surface area contributed by atoms with Crippen LogP contribution in [0.25, 0.3) is 10.4 Å². The Bertz CT molecular complexity index is 637. The molecule has 0 aromatic heterocycles. The highest BCUT2D eigenvalue weighted by Gasteiger charge is 2.81. The Balaban J connectivity index is 2.99. The molecule has 1 rings (SSSR count). The summed E-state index contributed by atoms with van der Waals surface area (Å²) in [5, 5.41) is 2.82. The van der Waals surface area contributed by atoms with E-state index in [0.29, 0.717) is 5.56 Å². The van der Waals surface area contributed by atoms with Crippen LogP contribution in [0.3, 0.4) is 0 Å². The van der Waals surface area contributed by atoms with Gasteiger partial charge in [-0.3, -0.25) is 0 Å². The van der Waals surface area contributed by atoms with Crippen molar-refractivity contribution in [3.63, 3.8) is 0 Å². The normalized spacial score (nSPS) is 14.7. The third kappa shape index (κ3) is 4.54. The number of hydrogen-bond acceptors (Lipinski definition) is 1. The van der Waals surface area contributed by atoms with Crippen molar-refractivity contribution in [2.24, 2.45) is 5.11 Å². The summed E-state index contributed by atoms with van der Waals surface area (Å²) in [6.45, 7) is 0. The van der Waals surface area contributed by atoms with Gasteiger partial charge in [0.05, 0.1) is 0 Å².